The van der Waals surface area contributed by atoms with Crippen molar-refractivity contribution in [3.63, 3.8) is 0 Å². The lowest BCUT2D eigenvalue weighted by atomic mass is 9.97. The fourth-order valence-corrected chi connectivity index (χ4v) is 3.86. The number of fused-ring (bicyclic) bond motifs is 3. The molecule has 0 unspecified atom stereocenters. The Bertz CT molecular complexity index is 1080. The number of nitrogens with one attached hydrogen (secondary N) is 1. The first-order chi connectivity index (χ1) is 13.0. The van der Waals surface area contributed by atoms with Gasteiger partial charge in [0.1, 0.15) is 5.52 Å². The van der Waals surface area contributed by atoms with Gasteiger partial charge < -0.3 is 9.88 Å². The molecule has 0 saturated carbocycles. The van der Waals surface area contributed by atoms with Crippen molar-refractivity contribution in [1.82, 2.24) is 14.2 Å². The fourth-order valence-electron chi connectivity index (χ4n) is 3.63. The van der Waals surface area contributed by atoms with Crippen molar-refractivity contribution in [2.75, 3.05) is 5.32 Å². The van der Waals surface area contributed by atoms with E-state index in [4.69, 9.17) is 11.6 Å². The highest BCUT2D eigenvalue weighted by atomic mass is 35.5. The molecular formula is C20H21ClN4O2. The van der Waals surface area contributed by atoms with Crippen LogP contribution in [0.15, 0.2) is 35.4 Å². The topological polar surface area (TPSA) is 68.4 Å². The van der Waals surface area contributed by atoms with E-state index in [0.717, 1.165) is 48.2 Å². The number of anilines is 1. The number of carbonyl (C=O) groups excluding carboxylic acids is 1. The molecule has 1 aromatic carbocycles. The van der Waals surface area contributed by atoms with Crippen molar-refractivity contribution < 1.29 is 4.79 Å². The van der Waals surface area contributed by atoms with E-state index in [1.807, 2.05) is 6.92 Å². The molecule has 7 heteroatoms. The van der Waals surface area contributed by atoms with E-state index in [9.17, 15) is 9.59 Å². The summed E-state index contributed by atoms with van der Waals surface area (Å²) in [5, 5.41) is 8.05. The third-order valence-electron chi connectivity index (χ3n) is 5.08. The van der Waals surface area contributed by atoms with Crippen LogP contribution in [0.4, 0.5) is 5.69 Å². The van der Waals surface area contributed by atoms with Gasteiger partial charge in [-0.25, -0.2) is 4.52 Å². The first-order valence-corrected chi connectivity index (χ1v) is 9.56. The molecule has 1 aliphatic carbocycles. The third-order valence-corrected chi connectivity index (χ3v) is 5.31. The lowest BCUT2D eigenvalue weighted by Crippen LogP contribution is -2.25. The quantitative estimate of drug-likeness (QED) is 0.749. The minimum absolute atomic E-state index is 0.0800. The van der Waals surface area contributed by atoms with Gasteiger partial charge in [-0.1, -0.05) is 11.6 Å². The molecule has 6 nitrogen and oxygen atoms in total. The summed E-state index contributed by atoms with van der Waals surface area (Å²) >= 11 is 5.94. The van der Waals surface area contributed by atoms with Gasteiger partial charge in [0.25, 0.3) is 5.56 Å². The maximum absolute atomic E-state index is 12.9. The van der Waals surface area contributed by atoms with Crippen LogP contribution in [0.3, 0.4) is 0 Å². The van der Waals surface area contributed by atoms with Crippen molar-refractivity contribution in [3.05, 3.63) is 62.8 Å². The molecule has 1 aliphatic rings. The number of carbonyl (C=O) groups is 1. The molecule has 1 amide bonds. The van der Waals surface area contributed by atoms with E-state index < -0.39 is 0 Å². The second kappa shape index (κ2) is 7.19. The van der Waals surface area contributed by atoms with Gasteiger partial charge in [-0.3, -0.25) is 9.59 Å². The van der Waals surface area contributed by atoms with Crippen LogP contribution in [0.5, 0.6) is 0 Å². The van der Waals surface area contributed by atoms with E-state index in [1.54, 1.807) is 39.7 Å². The van der Waals surface area contributed by atoms with Crippen LogP contribution in [0.2, 0.25) is 5.02 Å². The van der Waals surface area contributed by atoms with Gasteiger partial charge in [0.15, 0.2) is 0 Å². The van der Waals surface area contributed by atoms with E-state index in [1.165, 1.54) is 0 Å². The number of hydrogen-bond acceptors (Lipinski definition) is 3. The van der Waals surface area contributed by atoms with Gasteiger partial charge in [-0.05, 0) is 56.4 Å². The van der Waals surface area contributed by atoms with Crippen molar-refractivity contribution in [2.45, 2.75) is 45.6 Å². The Morgan fingerprint density at radius 2 is 2.07 bits per heavy atom. The van der Waals surface area contributed by atoms with Gasteiger partial charge >= 0.3 is 0 Å². The minimum Gasteiger partial charge on any atom is -0.326 e. The van der Waals surface area contributed by atoms with Crippen molar-refractivity contribution in [2.24, 2.45) is 0 Å². The van der Waals surface area contributed by atoms with Crippen LogP contribution < -0.4 is 10.9 Å². The number of hydrogen-bond donors (Lipinski definition) is 1. The van der Waals surface area contributed by atoms with Gasteiger partial charge in [0.2, 0.25) is 5.91 Å². The Kier molecular flexibility index (Phi) is 4.74. The largest absolute Gasteiger partial charge is 0.326 e. The Morgan fingerprint density at radius 3 is 2.89 bits per heavy atom. The van der Waals surface area contributed by atoms with Crippen molar-refractivity contribution in [1.29, 1.82) is 0 Å². The predicted molar refractivity (Wildman–Crippen MR) is 106 cm³/mol. The molecular weight excluding hydrogens is 364 g/mol. The summed E-state index contributed by atoms with van der Waals surface area (Å²) in [6.07, 6.45) is 7.76. The monoisotopic (exact) mass is 384 g/mol. The molecule has 27 heavy (non-hydrogen) atoms. The molecule has 0 saturated heterocycles. The van der Waals surface area contributed by atoms with Crippen LogP contribution in [-0.4, -0.2) is 20.1 Å². The van der Waals surface area contributed by atoms with E-state index in [2.05, 4.69) is 10.4 Å². The standard InChI is InChI=1S/C20H21ClN4O2/c1-13-12-14(21)6-7-16(13)22-18(26)8-9-24-10-11-25-19(20(24)27)15-4-2-3-5-17(15)23-25/h6-7,10-12H,2-5,8-9H2,1H3,(H,22,26). The van der Waals surface area contributed by atoms with Crippen LogP contribution in [0.1, 0.15) is 36.1 Å². The van der Waals surface area contributed by atoms with Gasteiger partial charge in [0.05, 0.1) is 5.69 Å². The fraction of sp³-hybridized carbons (Fsp3) is 0.350. The molecule has 0 aliphatic heterocycles. The number of amides is 1. The minimum atomic E-state index is -0.136. The lowest BCUT2D eigenvalue weighted by Gasteiger charge is -2.11. The first kappa shape index (κ1) is 17.8. The molecule has 4 rings (SSSR count). The molecule has 2 aromatic heterocycles. The van der Waals surface area contributed by atoms with Crippen LogP contribution in [0, 0.1) is 6.92 Å². The maximum Gasteiger partial charge on any atom is 0.276 e. The third kappa shape index (κ3) is 3.49. The molecule has 0 bridgehead atoms. The maximum atomic E-state index is 12.9. The average molecular weight is 385 g/mol. The summed E-state index contributed by atoms with van der Waals surface area (Å²) in [6.45, 7) is 2.22. The zero-order valence-corrected chi connectivity index (χ0v) is 15.9. The Hall–Kier alpha value is -2.60. The molecule has 2 heterocycles. The molecule has 140 valence electrons. The highest BCUT2D eigenvalue weighted by Gasteiger charge is 2.19. The summed E-state index contributed by atoms with van der Waals surface area (Å²) in [5.41, 5.74) is 4.32. The Labute approximate surface area is 161 Å². The second-order valence-corrected chi connectivity index (χ2v) is 7.42. The average Bonchev–Trinajstić information content (AvgIpc) is 3.03. The van der Waals surface area contributed by atoms with Crippen LogP contribution in [-0.2, 0) is 24.2 Å². The molecule has 0 radical (unpaired) electrons. The van der Waals surface area contributed by atoms with Crippen molar-refractivity contribution >= 4 is 28.7 Å². The van der Waals surface area contributed by atoms with Gasteiger partial charge in [-0.2, -0.15) is 5.10 Å². The Morgan fingerprint density at radius 1 is 1.26 bits per heavy atom. The number of nitrogens with zero attached hydrogens (tertiary/aromatic N) is 3. The van der Waals surface area contributed by atoms with E-state index >= 15 is 0 Å². The summed E-state index contributed by atoms with van der Waals surface area (Å²) in [4.78, 5) is 25.2. The summed E-state index contributed by atoms with van der Waals surface area (Å²) < 4.78 is 3.28. The van der Waals surface area contributed by atoms with Gasteiger partial charge in [-0.15, -0.1) is 0 Å². The van der Waals surface area contributed by atoms with Crippen molar-refractivity contribution in [3.8, 4) is 0 Å². The first-order valence-electron chi connectivity index (χ1n) is 9.18. The summed E-state index contributed by atoms with van der Waals surface area (Å²) in [5.74, 6) is -0.136. The summed E-state index contributed by atoms with van der Waals surface area (Å²) in [7, 11) is 0. The highest BCUT2D eigenvalue weighted by Crippen LogP contribution is 2.23. The second-order valence-electron chi connectivity index (χ2n) is 6.98. The Balaban J connectivity index is 1.51. The SMILES string of the molecule is Cc1cc(Cl)ccc1NC(=O)CCn1ccn2nc3c(c2c1=O)CCCC3. The van der Waals surface area contributed by atoms with Crippen LogP contribution in [0.25, 0.3) is 5.52 Å². The van der Waals surface area contributed by atoms with Gasteiger partial charge in [0, 0.05) is 41.6 Å². The summed E-state index contributed by atoms with van der Waals surface area (Å²) in [6, 6.07) is 5.33. The molecule has 3 aromatic rings. The molecule has 0 spiro atoms. The number of aryl methyl sites for hydroxylation is 4. The predicted octanol–water partition coefficient (Wildman–Crippen LogP) is 3.37. The zero-order valence-electron chi connectivity index (χ0n) is 15.2. The number of aromatic nitrogens is 3. The van der Waals surface area contributed by atoms with E-state index in [-0.39, 0.29) is 17.9 Å². The highest BCUT2D eigenvalue weighted by molar-refractivity contribution is 6.30. The number of halogens is 1. The normalized spacial score (nSPS) is 13.6. The lowest BCUT2D eigenvalue weighted by molar-refractivity contribution is -0.116. The number of rotatable bonds is 4. The van der Waals surface area contributed by atoms with E-state index in [0.29, 0.717) is 17.1 Å². The molecule has 1 N–H and O–H groups in total. The zero-order chi connectivity index (χ0) is 19.0. The molecule has 0 fully saturated rings. The molecule has 0 atom stereocenters. The van der Waals surface area contributed by atoms with Crippen LogP contribution >= 0.6 is 11.6 Å². The number of benzene rings is 1. The smallest absolute Gasteiger partial charge is 0.276 e.